The zero-order valence-corrected chi connectivity index (χ0v) is 21.8. The van der Waals surface area contributed by atoms with Crippen molar-refractivity contribution in [2.45, 2.75) is 26.3 Å². The lowest BCUT2D eigenvalue weighted by atomic mass is 10.0. The summed E-state index contributed by atoms with van der Waals surface area (Å²) in [4.78, 5) is 25.2. The van der Waals surface area contributed by atoms with Gasteiger partial charge in [0.1, 0.15) is 22.5 Å². The van der Waals surface area contributed by atoms with E-state index in [1.165, 1.54) is 0 Å². The Morgan fingerprint density at radius 3 is 2.66 bits per heavy atom. The Labute approximate surface area is 223 Å². The summed E-state index contributed by atoms with van der Waals surface area (Å²) in [5.74, 6) is -0.390. The molecule has 0 atom stereocenters. The van der Waals surface area contributed by atoms with Gasteiger partial charge in [-0.25, -0.2) is 9.59 Å². The van der Waals surface area contributed by atoms with Crippen molar-refractivity contribution in [3.8, 4) is 16.9 Å². The van der Waals surface area contributed by atoms with Crippen molar-refractivity contribution in [1.82, 2.24) is 18.6 Å². The van der Waals surface area contributed by atoms with Gasteiger partial charge in [-0.05, 0) is 48.4 Å². The average Bonchev–Trinajstić information content (AvgIpc) is 3.51. The molecule has 3 aromatic carbocycles. The van der Waals surface area contributed by atoms with Crippen molar-refractivity contribution >= 4 is 51.4 Å². The molecule has 0 saturated heterocycles. The maximum Gasteiger partial charge on any atom is 0.353 e. The Bertz CT molecular complexity index is 1640. The van der Waals surface area contributed by atoms with Gasteiger partial charge in [0, 0.05) is 34.3 Å². The van der Waals surface area contributed by atoms with Crippen LogP contribution in [0.1, 0.15) is 35.8 Å². The summed E-state index contributed by atoms with van der Waals surface area (Å²) < 4.78 is 15.9. The topological polar surface area (TPSA) is 118 Å². The Morgan fingerprint density at radius 1 is 1.05 bits per heavy atom. The highest BCUT2D eigenvalue weighted by molar-refractivity contribution is 7.00. The first-order valence-corrected chi connectivity index (χ1v) is 13.0. The number of fused-ring (bicyclic) bond motifs is 2. The van der Waals surface area contributed by atoms with Gasteiger partial charge in [-0.3, -0.25) is 0 Å². The molecule has 0 spiro atoms. The highest BCUT2D eigenvalue weighted by Crippen LogP contribution is 2.38. The van der Waals surface area contributed by atoms with Crippen molar-refractivity contribution < 1.29 is 19.4 Å². The molecule has 5 aromatic rings. The van der Waals surface area contributed by atoms with E-state index in [0.717, 1.165) is 41.2 Å². The monoisotopic (exact) mass is 529 g/mol. The summed E-state index contributed by atoms with van der Waals surface area (Å²) in [7, 11) is 1.59. The summed E-state index contributed by atoms with van der Waals surface area (Å²) in [6, 6.07) is 18.2. The lowest BCUT2D eigenvalue weighted by Gasteiger charge is -2.13. The van der Waals surface area contributed by atoms with E-state index < -0.39 is 5.97 Å². The first kappa shape index (κ1) is 25.2. The van der Waals surface area contributed by atoms with Gasteiger partial charge in [-0.2, -0.15) is 8.75 Å². The highest BCUT2D eigenvalue weighted by Gasteiger charge is 2.25. The van der Waals surface area contributed by atoms with Crippen LogP contribution < -0.4 is 15.4 Å². The van der Waals surface area contributed by atoms with Gasteiger partial charge < -0.3 is 25.0 Å². The standard InChI is InChI=1S/C28H27N5O4S/c1-3-4-13-29-28(36)30-19-10-12-23-20(15-19)25(17-9-11-21-22(14-17)32-38-31-21)26(27(34)35)33(23)16-18-7-5-6-8-24(18)37-2/h5-12,14-15H,3-4,13,16H2,1-2H3,(H,34,35)(H2,29,30,36). The lowest BCUT2D eigenvalue weighted by molar-refractivity contribution is 0.0687. The molecule has 5 rings (SSSR count). The number of ether oxygens (including phenoxy) is 1. The van der Waals surface area contributed by atoms with Crippen LogP contribution in [0.5, 0.6) is 5.75 Å². The molecule has 0 unspecified atom stereocenters. The van der Waals surface area contributed by atoms with Crippen LogP contribution >= 0.6 is 11.7 Å². The molecule has 2 aromatic heterocycles. The van der Waals surface area contributed by atoms with Gasteiger partial charge >= 0.3 is 12.0 Å². The minimum absolute atomic E-state index is 0.137. The van der Waals surface area contributed by atoms with Gasteiger partial charge in [0.25, 0.3) is 0 Å². The molecule has 194 valence electrons. The molecular formula is C28H27N5O4S. The summed E-state index contributed by atoms with van der Waals surface area (Å²) >= 11 is 1.11. The maximum atomic E-state index is 12.8. The predicted octanol–water partition coefficient (Wildman–Crippen LogP) is 5.99. The molecule has 0 bridgehead atoms. The number of carbonyl (C=O) groups is 2. The number of carboxylic acids is 1. The number of benzene rings is 3. The predicted molar refractivity (Wildman–Crippen MR) is 149 cm³/mol. The van der Waals surface area contributed by atoms with E-state index in [1.54, 1.807) is 17.7 Å². The third-order valence-corrected chi connectivity index (χ3v) is 6.96. The fraction of sp³-hybridized carbons (Fsp3) is 0.214. The van der Waals surface area contributed by atoms with E-state index in [9.17, 15) is 14.7 Å². The summed E-state index contributed by atoms with van der Waals surface area (Å²) in [6.45, 7) is 2.92. The zero-order valence-electron chi connectivity index (χ0n) is 21.0. The number of hydrogen-bond acceptors (Lipinski definition) is 6. The van der Waals surface area contributed by atoms with E-state index in [-0.39, 0.29) is 18.3 Å². The van der Waals surface area contributed by atoms with Gasteiger partial charge in [0.05, 0.1) is 25.4 Å². The van der Waals surface area contributed by atoms with Crippen LogP contribution in [0.3, 0.4) is 0 Å². The second kappa shape index (κ2) is 10.9. The number of carbonyl (C=O) groups excluding carboxylic acids is 1. The number of hydrogen-bond donors (Lipinski definition) is 3. The number of anilines is 1. The van der Waals surface area contributed by atoms with Crippen LogP contribution in [-0.2, 0) is 6.54 Å². The van der Waals surface area contributed by atoms with Crippen molar-refractivity contribution in [3.63, 3.8) is 0 Å². The van der Waals surface area contributed by atoms with Crippen LogP contribution in [0.25, 0.3) is 33.1 Å². The number of nitrogens with zero attached hydrogens (tertiary/aromatic N) is 3. The second-order valence-electron chi connectivity index (χ2n) is 8.86. The largest absolute Gasteiger partial charge is 0.496 e. The average molecular weight is 530 g/mol. The van der Waals surface area contributed by atoms with Crippen molar-refractivity contribution in [1.29, 1.82) is 0 Å². The fourth-order valence-corrected chi connectivity index (χ4v) is 5.12. The molecule has 0 aliphatic rings. The van der Waals surface area contributed by atoms with Gasteiger partial charge in [-0.1, -0.05) is 37.6 Å². The third-order valence-electron chi connectivity index (χ3n) is 6.40. The SMILES string of the molecule is CCCCNC(=O)Nc1ccc2c(c1)c(-c1ccc3nsnc3c1)c(C(=O)O)n2Cc1ccccc1OC. The van der Waals surface area contributed by atoms with Crippen molar-refractivity contribution in [3.05, 3.63) is 71.9 Å². The minimum atomic E-state index is -1.06. The van der Waals surface area contributed by atoms with E-state index in [2.05, 4.69) is 26.3 Å². The fourth-order valence-electron chi connectivity index (χ4n) is 4.61. The number of unbranched alkanes of at least 4 members (excludes halogenated alkanes) is 1. The lowest BCUT2D eigenvalue weighted by Crippen LogP contribution is -2.29. The summed E-state index contributed by atoms with van der Waals surface area (Å²) in [6.07, 6.45) is 1.87. The number of para-hydroxylation sites is 1. The Morgan fingerprint density at radius 2 is 1.87 bits per heavy atom. The van der Waals surface area contributed by atoms with E-state index in [0.29, 0.717) is 40.0 Å². The number of amides is 2. The van der Waals surface area contributed by atoms with Crippen LogP contribution in [0.15, 0.2) is 60.7 Å². The number of rotatable bonds is 9. The molecule has 0 radical (unpaired) electrons. The number of nitrogens with one attached hydrogen (secondary N) is 2. The first-order valence-electron chi connectivity index (χ1n) is 12.3. The third kappa shape index (κ3) is 4.90. The molecule has 2 amide bonds. The molecule has 0 fully saturated rings. The highest BCUT2D eigenvalue weighted by atomic mass is 32.1. The molecule has 0 aliphatic heterocycles. The first-order chi connectivity index (χ1) is 18.5. The number of aromatic carboxylic acids is 1. The van der Waals surface area contributed by atoms with E-state index >= 15 is 0 Å². The minimum Gasteiger partial charge on any atom is -0.496 e. The van der Waals surface area contributed by atoms with Gasteiger partial charge in [0.15, 0.2) is 0 Å². The van der Waals surface area contributed by atoms with E-state index in [1.807, 2.05) is 54.6 Å². The second-order valence-corrected chi connectivity index (χ2v) is 9.39. The molecule has 0 aliphatic carbocycles. The van der Waals surface area contributed by atoms with Crippen molar-refractivity contribution in [2.75, 3.05) is 19.0 Å². The molecule has 10 heteroatoms. The Balaban J connectivity index is 1.69. The maximum absolute atomic E-state index is 12.8. The molecule has 0 saturated carbocycles. The summed E-state index contributed by atoms with van der Waals surface area (Å²) in [5.41, 5.74) is 4.96. The summed E-state index contributed by atoms with van der Waals surface area (Å²) in [5, 5.41) is 16.9. The Kier molecular flexibility index (Phi) is 7.23. The molecule has 2 heterocycles. The van der Waals surface area contributed by atoms with Gasteiger partial charge in [0.2, 0.25) is 0 Å². The molecule has 38 heavy (non-hydrogen) atoms. The number of carboxylic acid groups (broad SMARTS) is 1. The number of aromatic nitrogens is 3. The van der Waals surface area contributed by atoms with Crippen LogP contribution in [0.2, 0.25) is 0 Å². The smallest absolute Gasteiger partial charge is 0.353 e. The molecular weight excluding hydrogens is 502 g/mol. The van der Waals surface area contributed by atoms with Crippen molar-refractivity contribution in [2.24, 2.45) is 0 Å². The van der Waals surface area contributed by atoms with Crippen LogP contribution in [-0.4, -0.2) is 44.1 Å². The Hall–Kier alpha value is -4.44. The van der Waals surface area contributed by atoms with Gasteiger partial charge in [-0.15, -0.1) is 0 Å². The van der Waals surface area contributed by atoms with E-state index in [4.69, 9.17) is 4.74 Å². The quantitative estimate of drug-likeness (QED) is 0.202. The van der Waals surface area contributed by atoms with Crippen LogP contribution in [0.4, 0.5) is 10.5 Å². The number of urea groups is 1. The van der Waals surface area contributed by atoms with Crippen LogP contribution in [0, 0.1) is 0 Å². The normalized spacial score (nSPS) is 11.1. The molecule has 9 nitrogen and oxygen atoms in total. The number of methoxy groups -OCH3 is 1. The zero-order chi connectivity index (χ0) is 26.6. The molecule has 3 N–H and O–H groups in total.